The van der Waals surface area contributed by atoms with Gasteiger partial charge in [-0.3, -0.25) is 9.78 Å². The van der Waals surface area contributed by atoms with Crippen molar-refractivity contribution in [1.82, 2.24) is 10.3 Å². The smallest absolute Gasteiger partial charge is 0.270 e. The Hall–Kier alpha value is -2.31. The number of benzene rings is 2. The predicted octanol–water partition coefficient (Wildman–Crippen LogP) is 3.99. The van der Waals surface area contributed by atoms with Crippen LogP contribution in [-0.4, -0.2) is 22.6 Å². The summed E-state index contributed by atoms with van der Waals surface area (Å²) in [5.41, 5.74) is 0.871. The van der Waals surface area contributed by atoms with Crippen molar-refractivity contribution in [3.63, 3.8) is 0 Å². The van der Waals surface area contributed by atoms with Crippen LogP contribution in [0.4, 0.5) is 4.39 Å². The summed E-state index contributed by atoms with van der Waals surface area (Å²) >= 11 is 3.41. The fourth-order valence-electron chi connectivity index (χ4n) is 2.64. The van der Waals surface area contributed by atoms with Gasteiger partial charge in [0, 0.05) is 22.7 Å². The van der Waals surface area contributed by atoms with Crippen molar-refractivity contribution in [1.29, 1.82) is 0 Å². The van der Waals surface area contributed by atoms with Crippen LogP contribution in [0.1, 0.15) is 28.5 Å². The third-order valence-electron chi connectivity index (χ3n) is 3.89. The van der Waals surface area contributed by atoms with E-state index in [9.17, 15) is 14.3 Å². The van der Waals surface area contributed by atoms with Crippen molar-refractivity contribution in [3.05, 3.63) is 76.3 Å². The summed E-state index contributed by atoms with van der Waals surface area (Å²) in [6.07, 6.45) is 1.92. The normalized spacial score (nSPS) is 12.1. The topological polar surface area (TPSA) is 62.2 Å². The number of halogens is 2. The maximum atomic E-state index is 13.4. The Morgan fingerprint density at radius 3 is 2.80 bits per heavy atom. The third kappa shape index (κ3) is 4.21. The molecule has 0 spiro atoms. The molecule has 1 unspecified atom stereocenters. The molecule has 3 rings (SSSR count). The lowest BCUT2D eigenvalue weighted by atomic mass is 10.0. The van der Waals surface area contributed by atoms with Gasteiger partial charge in [0.1, 0.15) is 11.5 Å². The number of aromatic nitrogens is 1. The minimum atomic E-state index is -0.492. The Kier molecular flexibility index (Phi) is 5.40. The number of rotatable bonds is 5. The molecule has 0 aliphatic carbocycles. The Morgan fingerprint density at radius 1 is 1.20 bits per heavy atom. The summed E-state index contributed by atoms with van der Waals surface area (Å²) in [7, 11) is 0. The molecular weight excluding hydrogens is 387 g/mol. The van der Waals surface area contributed by atoms with E-state index in [2.05, 4.69) is 26.2 Å². The maximum absolute atomic E-state index is 13.4. The summed E-state index contributed by atoms with van der Waals surface area (Å²) in [5.74, 6) is -0.757. The van der Waals surface area contributed by atoms with E-state index in [4.69, 9.17) is 0 Å². The molecule has 0 bridgehead atoms. The standard InChI is InChI=1S/C19H16BrFN2O2/c20-15-5-4-13-11-22-18(10-14(13)8-15)19(25)23-17(6-7-24)12-2-1-3-16(21)9-12/h1-5,8-11,17,24H,6-7H2,(H,23,25). The van der Waals surface area contributed by atoms with E-state index in [1.165, 1.54) is 12.1 Å². The molecule has 4 nitrogen and oxygen atoms in total. The second-order valence-electron chi connectivity index (χ2n) is 5.65. The van der Waals surface area contributed by atoms with Crippen LogP contribution in [-0.2, 0) is 0 Å². The Labute approximate surface area is 152 Å². The van der Waals surface area contributed by atoms with Crippen molar-refractivity contribution in [2.24, 2.45) is 0 Å². The lowest BCUT2D eigenvalue weighted by molar-refractivity contribution is 0.0925. The number of nitrogens with one attached hydrogen (secondary N) is 1. The van der Waals surface area contributed by atoms with Gasteiger partial charge in [0.15, 0.2) is 0 Å². The molecule has 0 saturated heterocycles. The number of pyridine rings is 1. The van der Waals surface area contributed by atoms with Gasteiger partial charge < -0.3 is 10.4 Å². The molecule has 1 atom stereocenters. The zero-order valence-electron chi connectivity index (χ0n) is 13.2. The average molecular weight is 403 g/mol. The predicted molar refractivity (Wildman–Crippen MR) is 97.8 cm³/mol. The molecule has 1 heterocycles. The van der Waals surface area contributed by atoms with E-state index >= 15 is 0 Å². The number of amides is 1. The molecule has 0 aliphatic rings. The second kappa shape index (κ2) is 7.72. The van der Waals surface area contributed by atoms with Gasteiger partial charge >= 0.3 is 0 Å². The number of hydrogen-bond acceptors (Lipinski definition) is 3. The molecule has 1 aromatic heterocycles. The van der Waals surface area contributed by atoms with Gasteiger partial charge in [-0.05, 0) is 47.7 Å². The molecule has 0 fully saturated rings. The summed E-state index contributed by atoms with van der Waals surface area (Å²) in [6.45, 7) is -0.125. The first-order chi connectivity index (χ1) is 12.1. The van der Waals surface area contributed by atoms with Crippen LogP contribution in [0.2, 0.25) is 0 Å². The maximum Gasteiger partial charge on any atom is 0.270 e. The summed E-state index contributed by atoms with van der Waals surface area (Å²) in [5, 5.41) is 13.9. The SMILES string of the molecule is O=C(NC(CCO)c1cccc(F)c1)c1cc2cc(Br)ccc2cn1. The third-order valence-corrected chi connectivity index (χ3v) is 4.38. The van der Waals surface area contributed by atoms with Crippen molar-refractivity contribution in [2.75, 3.05) is 6.61 Å². The molecule has 3 aromatic rings. The highest BCUT2D eigenvalue weighted by molar-refractivity contribution is 9.10. The van der Waals surface area contributed by atoms with Crippen molar-refractivity contribution >= 4 is 32.6 Å². The zero-order chi connectivity index (χ0) is 17.8. The van der Waals surface area contributed by atoms with Crippen molar-refractivity contribution in [2.45, 2.75) is 12.5 Å². The number of carbonyl (C=O) groups is 1. The molecule has 0 radical (unpaired) electrons. The first-order valence-corrected chi connectivity index (χ1v) is 8.58. The van der Waals surface area contributed by atoms with E-state index in [-0.39, 0.29) is 30.4 Å². The minimum absolute atomic E-state index is 0.125. The van der Waals surface area contributed by atoms with Crippen LogP contribution in [0.5, 0.6) is 0 Å². The van der Waals surface area contributed by atoms with Crippen LogP contribution < -0.4 is 5.32 Å². The van der Waals surface area contributed by atoms with Gasteiger partial charge in [0.05, 0.1) is 6.04 Å². The number of aliphatic hydroxyl groups is 1. The highest BCUT2D eigenvalue weighted by Gasteiger charge is 2.17. The number of fused-ring (bicyclic) bond motifs is 1. The lowest BCUT2D eigenvalue weighted by Gasteiger charge is -2.18. The average Bonchev–Trinajstić information content (AvgIpc) is 2.60. The zero-order valence-corrected chi connectivity index (χ0v) is 14.8. The van der Waals surface area contributed by atoms with Crippen LogP contribution in [0.15, 0.2) is 59.2 Å². The van der Waals surface area contributed by atoms with E-state index in [1.807, 2.05) is 18.2 Å². The van der Waals surface area contributed by atoms with Crippen molar-refractivity contribution < 1.29 is 14.3 Å². The van der Waals surface area contributed by atoms with Gasteiger partial charge in [-0.25, -0.2) is 4.39 Å². The van der Waals surface area contributed by atoms with Crippen molar-refractivity contribution in [3.8, 4) is 0 Å². The monoisotopic (exact) mass is 402 g/mol. The fourth-order valence-corrected chi connectivity index (χ4v) is 3.02. The van der Waals surface area contributed by atoms with E-state index in [0.717, 1.165) is 15.2 Å². The summed E-state index contributed by atoms with van der Waals surface area (Å²) in [6, 6.07) is 12.9. The molecule has 25 heavy (non-hydrogen) atoms. The largest absolute Gasteiger partial charge is 0.396 e. The van der Waals surface area contributed by atoms with Gasteiger partial charge in [-0.1, -0.05) is 34.1 Å². The number of carbonyl (C=O) groups excluding carboxylic acids is 1. The number of nitrogens with zero attached hydrogens (tertiary/aromatic N) is 1. The molecule has 6 heteroatoms. The quantitative estimate of drug-likeness (QED) is 0.677. The van der Waals surface area contributed by atoms with Crippen LogP contribution in [0, 0.1) is 5.82 Å². The Morgan fingerprint density at radius 2 is 2.04 bits per heavy atom. The highest BCUT2D eigenvalue weighted by atomic mass is 79.9. The van der Waals surface area contributed by atoms with Gasteiger partial charge in [0.25, 0.3) is 5.91 Å². The first-order valence-electron chi connectivity index (χ1n) is 7.79. The molecular formula is C19H16BrFN2O2. The Balaban J connectivity index is 1.86. The summed E-state index contributed by atoms with van der Waals surface area (Å²) in [4.78, 5) is 16.8. The summed E-state index contributed by atoms with van der Waals surface area (Å²) < 4.78 is 14.4. The van der Waals surface area contributed by atoms with E-state index in [0.29, 0.717) is 5.56 Å². The molecule has 0 saturated carbocycles. The van der Waals surface area contributed by atoms with Gasteiger partial charge in [0.2, 0.25) is 0 Å². The Bertz CT molecular complexity index is 917. The first kappa shape index (κ1) is 17.5. The number of hydrogen-bond donors (Lipinski definition) is 2. The second-order valence-corrected chi connectivity index (χ2v) is 6.57. The van der Waals surface area contributed by atoms with E-state index < -0.39 is 6.04 Å². The molecule has 2 N–H and O–H groups in total. The minimum Gasteiger partial charge on any atom is -0.396 e. The van der Waals surface area contributed by atoms with E-state index in [1.54, 1.807) is 24.4 Å². The molecule has 1 amide bonds. The molecule has 128 valence electrons. The van der Waals surface area contributed by atoms with Crippen LogP contribution in [0.25, 0.3) is 10.8 Å². The fraction of sp³-hybridized carbons (Fsp3) is 0.158. The molecule has 2 aromatic carbocycles. The van der Waals surface area contributed by atoms with Gasteiger partial charge in [-0.15, -0.1) is 0 Å². The molecule has 0 aliphatic heterocycles. The lowest BCUT2D eigenvalue weighted by Crippen LogP contribution is -2.30. The van der Waals surface area contributed by atoms with Gasteiger partial charge in [-0.2, -0.15) is 0 Å². The highest BCUT2D eigenvalue weighted by Crippen LogP contribution is 2.21. The van der Waals surface area contributed by atoms with Crippen LogP contribution in [0.3, 0.4) is 0 Å². The number of aliphatic hydroxyl groups excluding tert-OH is 1. The van der Waals surface area contributed by atoms with Crippen LogP contribution >= 0.6 is 15.9 Å².